The highest BCUT2D eigenvalue weighted by atomic mass is 19.4. The lowest BCUT2D eigenvalue weighted by atomic mass is 10.0. The average Bonchev–Trinajstić information content (AvgIpc) is 2.75. The predicted molar refractivity (Wildman–Crippen MR) is 103 cm³/mol. The molecule has 0 bridgehead atoms. The van der Waals surface area contributed by atoms with Crippen LogP contribution in [0.3, 0.4) is 0 Å². The second-order valence-corrected chi connectivity index (χ2v) is 7.27. The van der Waals surface area contributed by atoms with Gasteiger partial charge in [-0.3, -0.25) is 4.90 Å². The van der Waals surface area contributed by atoms with Crippen molar-refractivity contribution in [3.63, 3.8) is 0 Å². The Kier molecular flexibility index (Phi) is 5.62. The number of fused-ring (bicyclic) bond motifs is 1. The van der Waals surface area contributed by atoms with E-state index < -0.39 is 23.4 Å². The Morgan fingerprint density at radius 3 is 2.35 bits per heavy atom. The molecule has 31 heavy (non-hydrogen) atoms. The summed E-state index contributed by atoms with van der Waals surface area (Å²) in [7, 11) is 1.34. The van der Waals surface area contributed by atoms with Gasteiger partial charge >= 0.3 is 6.18 Å². The minimum atomic E-state index is -4.40. The number of rotatable bonds is 4. The molecule has 9 heteroatoms. The second-order valence-electron chi connectivity index (χ2n) is 7.27. The van der Waals surface area contributed by atoms with Gasteiger partial charge in [0.15, 0.2) is 5.82 Å². The van der Waals surface area contributed by atoms with Gasteiger partial charge in [-0.25, -0.2) is 18.7 Å². The molecule has 2 heterocycles. The highest BCUT2D eigenvalue weighted by molar-refractivity contribution is 5.56. The summed E-state index contributed by atoms with van der Waals surface area (Å²) in [5.41, 5.74) is 1.31. The van der Waals surface area contributed by atoms with Crippen LogP contribution in [-0.4, -0.2) is 28.5 Å². The molecule has 1 aliphatic rings. The van der Waals surface area contributed by atoms with Gasteiger partial charge in [-0.1, -0.05) is 12.1 Å². The lowest BCUT2D eigenvalue weighted by molar-refractivity contribution is -0.137. The van der Waals surface area contributed by atoms with E-state index in [-0.39, 0.29) is 17.9 Å². The van der Waals surface area contributed by atoms with Gasteiger partial charge in [0.2, 0.25) is 0 Å². The van der Waals surface area contributed by atoms with Crippen molar-refractivity contribution < 1.29 is 26.7 Å². The van der Waals surface area contributed by atoms with Crippen molar-refractivity contribution in [1.29, 1.82) is 0 Å². The standard InChI is InChI=1S/C22H18F5N3O/c1-31-16-8-18(23)17(19(24)9-16)12-30-7-6-20-14(11-30)10-28-21(29-20)13-2-4-15(5-3-13)22(25,26)27/h2-5,8-10H,6-7,11-12H2,1H3. The molecule has 1 aliphatic heterocycles. The van der Waals surface area contributed by atoms with Crippen molar-refractivity contribution in [2.75, 3.05) is 13.7 Å². The topological polar surface area (TPSA) is 38.2 Å². The third kappa shape index (κ3) is 4.51. The molecule has 0 saturated heterocycles. The van der Waals surface area contributed by atoms with Crippen LogP contribution >= 0.6 is 0 Å². The monoisotopic (exact) mass is 435 g/mol. The van der Waals surface area contributed by atoms with Crippen molar-refractivity contribution in [1.82, 2.24) is 14.9 Å². The van der Waals surface area contributed by atoms with Crippen LogP contribution in [0.25, 0.3) is 11.4 Å². The van der Waals surface area contributed by atoms with E-state index in [1.807, 2.05) is 4.90 Å². The summed E-state index contributed by atoms with van der Waals surface area (Å²) in [6.45, 7) is 1.02. The molecule has 0 fully saturated rings. The van der Waals surface area contributed by atoms with Crippen LogP contribution in [-0.2, 0) is 25.7 Å². The van der Waals surface area contributed by atoms with Gasteiger partial charge in [0, 0.05) is 61.1 Å². The van der Waals surface area contributed by atoms with Gasteiger partial charge < -0.3 is 4.74 Å². The van der Waals surface area contributed by atoms with Crippen LogP contribution in [0.5, 0.6) is 5.75 Å². The van der Waals surface area contributed by atoms with E-state index in [2.05, 4.69) is 9.97 Å². The number of hydrogen-bond acceptors (Lipinski definition) is 4. The van der Waals surface area contributed by atoms with Gasteiger partial charge in [-0.05, 0) is 12.1 Å². The van der Waals surface area contributed by atoms with Crippen LogP contribution in [0.4, 0.5) is 22.0 Å². The van der Waals surface area contributed by atoms with Crippen LogP contribution in [0.15, 0.2) is 42.6 Å². The zero-order valence-electron chi connectivity index (χ0n) is 16.5. The van der Waals surface area contributed by atoms with Crippen molar-refractivity contribution in [2.45, 2.75) is 25.7 Å². The zero-order valence-corrected chi connectivity index (χ0v) is 16.5. The van der Waals surface area contributed by atoms with Gasteiger partial charge in [-0.15, -0.1) is 0 Å². The Bertz CT molecular complexity index is 1080. The van der Waals surface area contributed by atoms with E-state index >= 15 is 0 Å². The summed E-state index contributed by atoms with van der Waals surface area (Å²) >= 11 is 0. The first-order valence-electron chi connectivity index (χ1n) is 9.51. The molecular formula is C22H18F5N3O. The number of aromatic nitrogens is 2. The molecule has 0 unspecified atom stereocenters. The molecule has 0 radical (unpaired) electrons. The highest BCUT2D eigenvalue weighted by Gasteiger charge is 2.30. The number of benzene rings is 2. The smallest absolute Gasteiger partial charge is 0.416 e. The third-order valence-electron chi connectivity index (χ3n) is 5.22. The third-order valence-corrected chi connectivity index (χ3v) is 5.22. The van der Waals surface area contributed by atoms with Gasteiger partial charge in [0.1, 0.15) is 17.4 Å². The molecule has 0 N–H and O–H groups in total. The summed E-state index contributed by atoms with van der Waals surface area (Å²) in [5, 5.41) is 0. The Morgan fingerprint density at radius 1 is 1.06 bits per heavy atom. The Hall–Kier alpha value is -3.07. The van der Waals surface area contributed by atoms with E-state index in [4.69, 9.17) is 4.74 Å². The van der Waals surface area contributed by atoms with Crippen LogP contribution < -0.4 is 4.74 Å². The first-order valence-corrected chi connectivity index (χ1v) is 9.51. The van der Waals surface area contributed by atoms with Crippen molar-refractivity contribution in [3.05, 3.63) is 76.6 Å². The summed E-state index contributed by atoms with van der Waals surface area (Å²) in [6, 6.07) is 6.98. The molecule has 162 valence electrons. The first-order chi connectivity index (χ1) is 14.7. The average molecular weight is 435 g/mol. The quantitative estimate of drug-likeness (QED) is 0.541. The Morgan fingerprint density at radius 2 is 1.74 bits per heavy atom. The van der Waals surface area contributed by atoms with Gasteiger partial charge in [0.25, 0.3) is 0 Å². The maximum absolute atomic E-state index is 14.2. The molecule has 0 atom stereocenters. The number of alkyl halides is 3. The van der Waals surface area contributed by atoms with Crippen LogP contribution in [0.2, 0.25) is 0 Å². The molecule has 1 aromatic heterocycles. The fourth-order valence-electron chi connectivity index (χ4n) is 3.53. The fourth-order valence-corrected chi connectivity index (χ4v) is 3.53. The molecule has 2 aromatic carbocycles. The Labute approximate surface area is 175 Å². The molecule has 4 rings (SSSR count). The molecule has 0 aliphatic carbocycles. The SMILES string of the molecule is COc1cc(F)c(CN2CCc3nc(-c4ccc(C(F)(F)F)cc4)ncc3C2)c(F)c1. The van der Waals surface area contributed by atoms with Gasteiger partial charge in [0.05, 0.1) is 18.4 Å². The molecular weight excluding hydrogens is 417 g/mol. The van der Waals surface area contributed by atoms with Gasteiger partial charge in [-0.2, -0.15) is 13.2 Å². The highest BCUT2D eigenvalue weighted by Crippen LogP contribution is 2.31. The molecule has 0 amide bonds. The summed E-state index contributed by atoms with van der Waals surface area (Å²) in [5.74, 6) is -0.881. The molecule has 3 aromatic rings. The first kappa shape index (κ1) is 21.2. The summed E-state index contributed by atoms with van der Waals surface area (Å²) in [6.07, 6.45) is -2.26. The van der Waals surface area contributed by atoms with E-state index in [0.717, 1.165) is 35.5 Å². The minimum Gasteiger partial charge on any atom is -0.497 e. The van der Waals surface area contributed by atoms with Crippen LogP contribution in [0, 0.1) is 11.6 Å². The lowest BCUT2D eigenvalue weighted by Crippen LogP contribution is -2.31. The molecule has 0 saturated carbocycles. The van der Waals surface area contributed by atoms with Crippen molar-refractivity contribution in [3.8, 4) is 17.1 Å². The number of methoxy groups -OCH3 is 1. The van der Waals surface area contributed by atoms with E-state index in [1.165, 1.54) is 19.2 Å². The van der Waals surface area contributed by atoms with Crippen molar-refractivity contribution in [2.24, 2.45) is 0 Å². The second kappa shape index (κ2) is 8.22. The molecule has 4 nitrogen and oxygen atoms in total. The van der Waals surface area contributed by atoms with E-state index in [9.17, 15) is 22.0 Å². The molecule has 0 spiro atoms. The largest absolute Gasteiger partial charge is 0.497 e. The number of hydrogen-bond donors (Lipinski definition) is 0. The number of ether oxygens (including phenoxy) is 1. The predicted octanol–water partition coefficient (Wildman–Crippen LogP) is 5.01. The summed E-state index contributed by atoms with van der Waals surface area (Å²) in [4.78, 5) is 10.6. The van der Waals surface area contributed by atoms with E-state index in [0.29, 0.717) is 30.9 Å². The normalized spacial score (nSPS) is 14.4. The van der Waals surface area contributed by atoms with E-state index in [1.54, 1.807) is 6.20 Å². The number of nitrogens with zero attached hydrogens (tertiary/aromatic N) is 3. The number of halogens is 5. The fraction of sp³-hybridized carbons (Fsp3) is 0.273. The van der Waals surface area contributed by atoms with Crippen LogP contribution in [0.1, 0.15) is 22.4 Å². The van der Waals surface area contributed by atoms with Crippen molar-refractivity contribution >= 4 is 0 Å². The maximum atomic E-state index is 14.2. The summed E-state index contributed by atoms with van der Waals surface area (Å²) < 4.78 is 71.6. The lowest BCUT2D eigenvalue weighted by Gasteiger charge is -2.28. The zero-order chi connectivity index (χ0) is 22.2. The Balaban J connectivity index is 1.50. The maximum Gasteiger partial charge on any atom is 0.416 e. The minimum absolute atomic E-state index is 0.0356.